The van der Waals surface area contributed by atoms with Crippen LogP contribution in [0.3, 0.4) is 0 Å². The summed E-state index contributed by atoms with van der Waals surface area (Å²) in [5, 5.41) is 0. The third kappa shape index (κ3) is 9.56. The van der Waals surface area contributed by atoms with Gasteiger partial charge in [0.15, 0.2) is 0 Å². The normalized spacial score (nSPS) is 15.9. The zero-order chi connectivity index (χ0) is 29.6. The van der Waals surface area contributed by atoms with Gasteiger partial charge < -0.3 is 14.2 Å². The summed E-state index contributed by atoms with van der Waals surface area (Å²) >= 11 is 0. The average Bonchev–Trinajstić information content (AvgIpc) is 2.89. The van der Waals surface area contributed by atoms with E-state index in [-0.39, 0.29) is 48.4 Å². The zero-order valence-corrected chi connectivity index (χ0v) is 22.3. The Balaban J connectivity index is 1.52. The Morgan fingerprint density at radius 2 is 1.78 bits per heavy atom. The fraction of sp³-hybridized carbons (Fsp3) is 0.385. The van der Waals surface area contributed by atoms with Crippen molar-refractivity contribution in [3.8, 4) is 23.0 Å². The number of halogens is 7. The average molecular weight is 606 g/mol. The summed E-state index contributed by atoms with van der Waals surface area (Å²) in [5.41, 5.74) is 0.550. The number of aromatic nitrogens is 3. The monoisotopic (exact) mass is 605 g/mol. The number of alkyl halides is 6. The number of nitrogens with zero attached hydrogens (tertiary/aromatic N) is 4. The maximum Gasteiger partial charge on any atom is 0.401 e. The van der Waals surface area contributed by atoms with Crippen LogP contribution in [0.15, 0.2) is 48.8 Å². The third-order valence-electron chi connectivity index (χ3n) is 5.85. The van der Waals surface area contributed by atoms with Gasteiger partial charge >= 0.3 is 12.4 Å². The van der Waals surface area contributed by atoms with Crippen molar-refractivity contribution in [2.24, 2.45) is 0 Å². The number of nitrogens with one attached hydrogen (secondary N) is 1. The maximum atomic E-state index is 14.9. The second kappa shape index (κ2) is 13.0. The highest BCUT2D eigenvalue weighted by Gasteiger charge is 2.33. The van der Waals surface area contributed by atoms with Crippen molar-refractivity contribution < 1.29 is 40.2 Å². The van der Waals surface area contributed by atoms with Gasteiger partial charge in [0.05, 0.1) is 12.2 Å². The van der Waals surface area contributed by atoms with E-state index in [1.165, 1.54) is 23.2 Å². The van der Waals surface area contributed by atoms with E-state index in [4.69, 9.17) is 9.47 Å². The number of piperidine rings is 1. The van der Waals surface area contributed by atoms with Crippen molar-refractivity contribution >= 4 is 22.2 Å². The first-order chi connectivity index (χ1) is 19.3. The lowest BCUT2D eigenvalue weighted by Crippen LogP contribution is -2.42. The molecule has 41 heavy (non-hydrogen) atoms. The van der Waals surface area contributed by atoms with Gasteiger partial charge in [-0.15, -0.1) is 0 Å². The molecule has 1 fully saturated rings. The predicted octanol–water partition coefficient (Wildman–Crippen LogP) is 6.25. The molecular formula is C26H26F7N5O2S. The van der Waals surface area contributed by atoms with E-state index >= 15 is 0 Å². The SMILES string of the molecule is C=S(CC(F)(F)F)Nc1cc(-c2nc(OC3CCN(CC(F)(F)F)CC3)ccc2F)cnc1OCc1ccccn1. The minimum Gasteiger partial charge on any atom is -0.474 e. The molecule has 222 valence electrons. The largest absolute Gasteiger partial charge is 0.474 e. The predicted molar refractivity (Wildman–Crippen MR) is 141 cm³/mol. The van der Waals surface area contributed by atoms with E-state index in [9.17, 15) is 30.7 Å². The number of ether oxygens (including phenoxy) is 2. The van der Waals surface area contributed by atoms with Crippen LogP contribution in [0.2, 0.25) is 0 Å². The van der Waals surface area contributed by atoms with Crippen molar-refractivity contribution in [1.29, 1.82) is 0 Å². The molecule has 0 aromatic carbocycles. The van der Waals surface area contributed by atoms with Crippen molar-refractivity contribution in [3.05, 3.63) is 60.3 Å². The van der Waals surface area contributed by atoms with Crippen molar-refractivity contribution in [3.63, 3.8) is 0 Å². The first-order valence-corrected chi connectivity index (χ1v) is 13.9. The highest BCUT2D eigenvalue weighted by molar-refractivity contribution is 8.15. The fourth-order valence-electron chi connectivity index (χ4n) is 4.09. The molecule has 1 N–H and O–H groups in total. The number of hydrogen-bond acceptors (Lipinski definition) is 7. The smallest absolute Gasteiger partial charge is 0.401 e. The standard InChI is InChI=1S/C26H26F7N5O2S/c1-41(16-26(31,32)33)37-21-12-17(13-35-24(21)39-14-18-4-2-3-9-34-18)23-20(27)5-6-22(36-23)40-19-7-10-38(11-8-19)15-25(28,29)30/h2-6,9,12-13,19,37H,1,7-8,10-11,14-16H2. The molecule has 1 atom stereocenters. The van der Waals surface area contributed by atoms with Crippen LogP contribution in [0.25, 0.3) is 11.3 Å². The lowest BCUT2D eigenvalue weighted by Gasteiger charge is -2.32. The Morgan fingerprint density at radius 1 is 1.02 bits per heavy atom. The number of rotatable bonds is 10. The van der Waals surface area contributed by atoms with Crippen molar-refractivity contribution in [2.45, 2.75) is 37.9 Å². The van der Waals surface area contributed by atoms with Crippen LogP contribution in [0.1, 0.15) is 18.5 Å². The first-order valence-electron chi connectivity index (χ1n) is 12.3. The molecule has 4 heterocycles. The van der Waals surface area contributed by atoms with E-state index in [0.717, 1.165) is 6.07 Å². The topological polar surface area (TPSA) is 72.4 Å². The molecule has 3 aromatic heterocycles. The molecule has 1 saturated heterocycles. The molecule has 4 rings (SSSR count). The van der Waals surface area contributed by atoms with E-state index in [1.807, 2.05) is 0 Å². The summed E-state index contributed by atoms with van der Waals surface area (Å²) in [6.07, 6.45) is -5.71. The molecule has 1 unspecified atom stereocenters. The summed E-state index contributed by atoms with van der Waals surface area (Å²) in [7, 11) is -1.61. The minimum atomic E-state index is -4.47. The van der Waals surface area contributed by atoms with Crippen LogP contribution in [-0.2, 0) is 6.61 Å². The fourth-order valence-corrected chi connectivity index (χ4v) is 5.01. The lowest BCUT2D eigenvalue weighted by atomic mass is 10.1. The van der Waals surface area contributed by atoms with Gasteiger partial charge in [0.2, 0.25) is 11.8 Å². The molecule has 1 aliphatic rings. The molecule has 0 amide bonds. The first kappa shape index (κ1) is 30.5. The molecule has 0 aliphatic carbocycles. The number of pyridine rings is 3. The van der Waals surface area contributed by atoms with Crippen LogP contribution in [0.5, 0.6) is 11.8 Å². The van der Waals surface area contributed by atoms with E-state index < -0.39 is 47.2 Å². The lowest BCUT2D eigenvalue weighted by molar-refractivity contribution is -0.149. The van der Waals surface area contributed by atoms with Gasteiger partial charge in [0.1, 0.15) is 35.7 Å². The van der Waals surface area contributed by atoms with E-state index in [2.05, 4.69) is 25.5 Å². The summed E-state index contributed by atoms with van der Waals surface area (Å²) in [4.78, 5) is 13.8. The van der Waals surface area contributed by atoms with Crippen LogP contribution in [0.4, 0.5) is 36.4 Å². The van der Waals surface area contributed by atoms with E-state index in [0.29, 0.717) is 18.5 Å². The molecule has 3 aromatic rings. The highest BCUT2D eigenvalue weighted by Crippen LogP contribution is 2.35. The van der Waals surface area contributed by atoms with Crippen molar-refractivity contribution in [2.75, 3.05) is 30.1 Å². The van der Waals surface area contributed by atoms with E-state index in [1.54, 1.807) is 24.4 Å². The maximum absolute atomic E-state index is 14.9. The molecule has 0 bridgehead atoms. The summed E-state index contributed by atoms with van der Waals surface area (Å²) in [6, 6.07) is 8.92. The Bertz CT molecular complexity index is 1330. The summed E-state index contributed by atoms with van der Waals surface area (Å²) in [6.45, 7) is -0.658. The summed E-state index contributed by atoms with van der Waals surface area (Å²) in [5.74, 6) is 1.58. The molecule has 1 aliphatic heterocycles. The minimum absolute atomic E-state index is 0.0240. The molecule has 7 nitrogen and oxygen atoms in total. The van der Waals surface area contributed by atoms with Gasteiger partial charge in [0.25, 0.3) is 0 Å². The number of anilines is 1. The molecule has 15 heteroatoms. The molecule has 0 radical (unpaired) electrons. The number of likely N-dealkylation sites (tertiary alicyclic amines) is 1. The van der Waals surface area contributed by atoms with Gasteiger partial charge in [-0.1, -0.05) is 22.6 Å². The van der Waals surface area contributed by atoms with Gasteiger partial charge in [-0.2, -0.15) is 26.3 Å². The molecular weight excluding hydrogens is 579 g/mol. The Hall–Kier alpha value is -3.46. The number of hydrogen-bond donors (Lipinski definition) is 1. The Labute approximate surface area is 233 Å². The van der Waals surface area contributed by atoms with Gasteiger partial charge in [0, 0.05) is 37.1 Å². The Kier molecular flexibility index (Phi) is 9.68. The second-order valence-corrected chi connectivity index (χ2v) is 10.7. The summed E-state index contributed by atoms with van der Waals surface area (Å²) < 4.78 is 106. The highest BCUT2D eigenvalue weighted by atomic mass is 32.2. The second-order valence-electron chi connectivity index (χ2n) is 9.23. The molecule has 0 saturated carbocycles. The van der Waals surface area contributed by atoms with Crippen LogP contribution in [0, 0.1) is 5.82 Å². The Morgan fingerprint density at radius 3 is 2.44 bits per heavy atom. The van der Waals surface area contributed by atoms with Crippen LogP contribution >= 0.6 is 10.7 Å². The van der Waals surface area contributed by atoms with Gasteiger partial charge in [-0.05, 0) is 37.1 Å². The van der Waals surface area contributed by atoms with Crippen LogP contribution < -0.4 is 14.2 Å². The van der Waals surface area contributed by atoms with Gasteiger partial charge in [-0.3, -0.25) is 9.88 Å². The van der Waals surface area contributed by atoms with Crippen molar-refractivity contribution in [1.82, 2.24) is 19.9 Å². The third-order valence-corrected chi connectivity index (χ3v) is 7.03. The zero-order valence-electron chi connectivity index (χ0n) is 21.5. The quantitative estimate of drug-likeness (QED) is 0.216. The van der Waals surface area contributed by atoms with Crippen LogP contribution in [-0.4, -0.2) is 69.6 Å². The van der Waals surface area contributed by atoms with Gasteiger partial charge in [-0.25, -0.2) is 14.4 Å². The molecule has 0 spiro atoms.